The molecule has 1 unspecified atom stereocenters. The molecule has 0 aliphatic rings. The fourth-order valence-corrected chi connectivity index (χ4v) is 2.38. The van der Waals surface area contributed by atoms with Gasteiger partial charge < -0.3 is 5.11 Å². The lowest BCUT2D eigenvalue weighted by Crippen LogP contribution is -2.12. The van der Waals surface area contributed by atoms with Gasteiger partial charge >= 0.3 is 5.97 Å². The summed E-state index contributed by atoms with van der Waals surface area (Å²) in [6.45, 7) is 0. The quantitative estimate of drug-likeness (QED) is 0.813. The SMILES string of the molecule is CS(=O)(=O)OC(CCC(=O)O)c1ccc(Cl)c(Cl)c1. The molecule has 1 atom stereocenters. The largest absolute Gasteiger partial charge is 0.481 e. The van der Waals surface area contributed by atoms with Gasteiger partial charge in [-0.1, -0.05) is 29.3 Å². The Morgan fingerprint density at radius 1 is 1.37 bits per heavy atom. The highest BCUT2D eigenvalue weighted by Gasteiger charge is 2.20. The van der Waals surface area contributed by atoms with Crippen LogP contribution in [0.25, 0.3) is 0 Å². The fraction of sp³-hybridized carbons (Fsp3) is 0.364. The fourth-order valence-electron chi connectivity index (χ4n) is 1.45. The zero-order valence-corrected chi connectivity index (χ0v) is 12.3. The van der Waals surface area contributed by atoms with Crippen molar-refractivity contribution in [3.05, 3.63) is 33.8 Å². The average molecular weight is 327 g/mol. The van der Waals surface area contributed by atoms with Gasteiger partial charge in [0.05, 0.1) is 16.3 Å². The standard InChI is InChI=1S/C11H12Cl2O5S/c1-19(16,17)18-10(4-5-11(14)15)7-2-3-8(12)9(13)6-7/h2-3,6,10H,4-5H2,1H3,(H,14,15). The highest BCUT2D eigenvalue weighted by atomic mass is 35.5. The zero-order chi connectivity index (χ0) is 14.6. The Bertz CT molecular complexity index is 570. The van der Waals surface area contributed by atoms with Gasteiger partial charge in [0.2, 0.25) is 0 Å². The summed E-state index contributed by atoms with van der Waals surface area (Å²) in [6, 6.07) is 4.51. The van der Waals surface area contributed by atoms with Gasteiger partial charge in [0, 0.05) is 6.42 Å². The molecule has 0 aliphatic carbocycles. The Balaban J connectivity index is 3.00. The van der Waals surface area contributed by atoms with Gasteiger partial charge in [-0.05, 0) is 24.1 Å². The minimum absolute atomic E-state index is 0.0143. The predicted molar refractivity (Wildman–Crippen MR) is 72.0 cm³/mol. The van der Waals surface area contributed by atoms with Crippen molar-refractivity contribution in [2.24, 2.45) is 0 Å². The first-order valence-electron chi connectivity index (χ1n) is 5.24. The van der Waals surface area contributed by atoms with Crippen LogP contribution in [0.1, 0.15) is 24.5 Å². The summed E-state index contributed by atoms with van der Waals surface area (Å²) in [7, 11) is -3.71. The van der Waals surface area contributed by atoms with Crippen LogP contribution in [0, 0.1) is 0 Å². The van der Waals surface area contributed by atoms with Crippen molar-refractivity contribution in [1.29, 1.82) is 0 Å². The first-order valence-corrected chi connectivity index (χ1v) is 7.81. The molecule has 1 aromatic carbocycles. The Morgan fingerprint density at radius 3 is 2.47 bits per heavy atom. The van der Waals surface area contributed by atoms with Gasteiger partial charge in [0.1, 0.15) is 6.10 Å². The average Bonchev–Trinajstić information content (AvgIpc) is 2.26. The van der Waals surface area contributed by atoms with Crippen molar-refractivity contribution in [2.75, 3.05) is 6.26 Å². The molecule has 0 radical (unpaired) electrons. The van der Waals surface area contributed by atoms with Crippen LogP contribution in [0.2, 0.25) is 10.0 Å². The van der Waals surface area contributed by atoms with E-state index in [1.54, 1.807) is 6.07 Å². The third-order valence-corrected chi connectivity index (χ3v) is 3.55. The molecule has 8 heteroatoms. The van der Waals surface area contributed by atoms with E-state index < -0.39 is 22.2 Å². The Labute approximate surface area is 121 Å². The number of aliphatic carboxylic acids is 1. The lowest BCUT2D eigenvalue weighted by atomic mass is 10.1. The smallest absolute Gasteiger partial charge is 0.303 e. The Kier molecular flexibility index (Phi) is 5.61. The maximum Gasteiger partial charge on any atom is 0.303 e. The third kappa shape index (κ3) is 5.78. The number of hydrogen-bond donors (Lipinski definition) is 1. The van der Waals surface area contributed by atoms with E-state index in [0.29, 0.717) is 10.6 Å². The summed E-state index contributed by atoms with van der Waals surface area (Å²) >= 11 is 11.6. The Hall–Kier alpha value is -0.820. The van der Waals surface area contributed by atoms with Crippen molar-refractivity contribution in [2.45, 2.75) is 18.9 Å². The normalized spacial score (nSPS) is 13.2. The number of rotatable bonds is 6. The van der Waals surface area contributed by atoms with Crippen molar-refractivity contribution >= 4 is 39.3 Å². The van der Waals surface area contributed by atoms with Gasteiger partial charge in [-0.2, -0.15) is 8.42 Å². The summed E-state index contributed by atoms with van der Waals surface area (Å²) in [4.78, 5) is 10.6. The molecule has 1 N–H and O–H groups in total. The molecule has 0 amide bonds. The minimum Gasteiger partial charge on any atom is -0.481 e. The van der Waals surface area contributed by atoms with Crippen LogP contribution < -0.4 is 0 Å². The van der Waals surface area contributed by atoms with Crippen LogP contribution in [0.15, 0.2) is 18.2 Å². The summed E-state index contributed by atoms with van der Waals surface area (Å²) in [5.41, 5.74) is 0.459. The number of halogens is 2. The molecule has 5 nitrogen and oxygen atoms in total. The molecular weight excluding hydrogens is 315 g/mol. The molecule has 106 valence electrons. The molecule has 0 aromatic heterocycles. The minimum atomic E-state index is -3.71. The second-order valence-electron chi connectivity index (χ2n) is 3.89. The van der Waals surface area contributed by atoms with Crippen molar-refractivity contribution in [3.63, 3.8) is 0 Å². The van der Waals surface area contributed by atoms with Gasteiger partial charge in [0.15, 0.2) is 0 Å². The van der Waals surface area contributed by atoms with Gasteiger partial charge in [-0.3, -0.25) is 8.98 Å². The molecule has 0 heterocycles. The number of benzene rings is 1. The Morgan fingerprint density at radius 2 is 2.00 bits per heavy atom. The second-order valence-corrected chi connectivity index (χ2v) is 6.31. The van der Waals surface area contributed by atoms with E-state index in [1.165, 1.54) is 12.1 Å². The summed E-state index contributed by atoms with van der Waals surface area (Å²) in [6.07, 6.45) is -0.208. The monoisotopic (exact) mass is 326 g/mol. The van der Waals surface area contributed by atoms with Crippen LogP contribution in [-0.4, -0.2) is 25.7 Å². The molecule has 0 spiro atoms. The number of carbonyl (C=O) groups is 1. The van der Waals surface area contributed by atoms with Crippen molar-refractivity contribution < 1.29 is 22.5 Å². The van der Waals surface area contributed by atoms with Gasteiger partial charge in [-0.25, -0.2) is 0 Å². The zero-order valence-electron chi connectivity index (χ0n) is 9.97. The maximum atomic E-state index is 11.2. The third-order valence-electron chi connectivity index (χ3n) is 2.23. The number of hydrogen-bond acceptors (Lipinski definition) is 4. The lowest BCUT2D eigenvalue weighted by Gasteiger charge is -2.16. The molecule has 0 saturated heterocycles. The van der Waals surface area contributed by atoms with E-state index in [2.05, 4.69) is 0 Å². The van der Waals surface area contributed by atoms with Crippen LogP contribution in [-0.2, 0) is 19.1 Å². The van der Waals surface area contributed by atoms with E-state index in [0.717, 1.165) is 6.26 Å². The molecule has 19 heavy (non-hydrogen) atoms. The molecule has 1 rings (SSSR count). The molecule has 0 aliphatic heterocycles. The lowest BCUT2D eigenvalue weighted by molar-refractivity contribution is -0.137. The van der Waals surface area contributed by atoms with E-state index in [4.69, 9.17) is 32.5 Å². The van der Waals surface area contributed by atoms with Crippen LogP contribution in [0.4, 0.5) is 0 Å². The molecule has 0 bridgehead atoms. The molecule has 0 fully saturated rings. The molecule has 1 aromatic rings. The van der Waals surface area contributed by atoms with Crippen LogP contribution in [0.3, 0.4) is 0 Å². The van der Waals surface area contributed by atoms with Crippen LogP contribution in [0.5, 0.6) is 0 Å². The topological polar surface area (TPSA) is 80.7 Å². The highest BCUT2D eigenvalue weighted by Crippen LogP contribution is 2.30. The van der Waals surface area contributed by atoms with E-state index in [1.807, 2.05) is 0 Å². The highest BCUT2D eigenvalue weighted by molar-refractivity contribution is 7.86. The van der Waals surface area contributed by atoms with Gasteiger partial charge in [0.25, 0.3) is 10.1 Å². The number of carboxylic acid groups (broad SMARTS) is 1. The molecular formula is C11H12Cl2O5S. The second kappa shape index (κ2) is 6.56. The first-order chi connectivity index (χ1) is 8.69. The summed E-state index contributed by atoms with van der Waals surface area (Å²) in [5.74, 6) is -1.04. The van der Waals surface area contributed by atoms with E-state index in [-0.39, 0.29) is 17.9 Å². The summed E-state index contributed by atoms with van der Waals surface area (Å²) < 4.78 is 27.2. The maximum absolute atomic E-state index is 11.2. The van der Waals surface area contributed by atoms with Crippen molar-refractivity contribution in [3.8, 4) is 0 Å². The molecule has 0 saturated carbocycles. The predicted octanol–water partition coefficient (Wildman–Crippen LogP) is 2.88. The summed E-state index contributed by atoms with van der Waals surface area (Å²) in [5, 5.41) is 9.22. The van der Waals surface area contributed by atoms with Crippen LogP contribution >= 0.6 is 23.2 Å². The van der Waals surface area contributed by atoms with Gasteiger partial charge in [-0.15, -0.1) is 0 Å². The van der Waals surface area contributed by atoms with E-state index >= 15 is 0 Å². The first kappa shape index (κ1) is 16.2. The number of carboxylic acids is 1. The van der Waals surface area contributed by atoms with E-state index in [9.17, 15) is 13.2 Å². The van der Waals surface area contributed by atoms with Crippen molar-refractivity contribution in [1.82, 2.24) is 0 Å².